The van der Waals surface area contributed by atoms with Gasteiger partial charge in [-0.25, -0.2) is 0 Å². The SMILES string of the molecule is CC(C)CCCCCCCCCCCCC(=O)O. The van der Waals surface area contributed by atoms with Gasteiger partial charge in [0.15, 0.2) is 0 Å². The van der Waals surface area contributed by atoms with Crippen LogP contribution in [0, 0.1) is 5.92 Å². The molecule has 0 aliphatic heterocycles. The Morgan fingerprint density at radius 1 is 0.778 bits per heavy atom. The van der Waals surface area contributed by atoms with Gasteiger partial charge in [0.1, 0.15) is 0 Å². The number of hydrogen-bond donors (Lipinski definition) is 1. The Labute approximate surface area is 113 Å². The number of carboxylic acid groups (broad SMARTS) is 1. The molecule has 0 amide bonds. The molecule has 0 unspecified atom stereocenters. The summed E-state index contributed by atoms with van der Waals surface area (Å²) in [6.07, 6.45) is 14.4. The number of carbonyl (C=O) groups is 1. The van der Waals surface area contributed by atoms with Gasteiger partial charge in [0, 0.05) is 6.42 Å². The molecule has 0 aromatic rings. The van der Waals surface area contributed by atoms with Crippen molar-refractivity contribution in [2.45, 2.75) is 90.9 Å². The molecule has 0 aliphatic carbocycles. The van der Waals surface area contributed by atoms with E-state index in [9.17, 15) is 4.79 Å². The van der Waals surface area contributed by atoms with Crippen molar-refractivity contribution in [2.75, 3.05) is 0 Å². The van der Waals surface area contributed by atoms with E-state index in [-0.39, 0.29) is 0 Å². The van der Waals surface area contributed by atoms with Crippen LogP contribution >= 0.6 is 0 Å². The van der Waals surface area contributed by atoms with Crippen molar-refractivity contribution in [3.63, 3.8) is 0 Å². The van der Waals surface area contributed by atoms with Gasteiger partial charge in [0.2, 0.25) is 0 Å². The molecule has 0 heterocycles. The van der Waals surface area contributed by atoms with Gasteiger partial charge in [-0.2, -0.15) is 0 Å². The predicted molar refractivity (Wildman–Crippen MR) is 77.9 cm³/mol. The van der Waals surface area contributed by atoms with E-state index in [0.29, 0.717) is 6.42 Å². The second-order valence-electron chi connectivity index (χ2n) is 5.86. The molecule has 0 radical (unpaired) electrons. The van der Waals surface area contributed by atoms with E-state index in [1.54, 1.807) is 0 Å². The molecule has 0 bridgehead atoms. The summed E-state index contributed by atoms with van der Waals surface area (Å²) in [5, 5.41) is 8.49. The van der Waals surface area contributed by atoms with Crippen LogP contribution in [0.2, 0.25) is 0 Å². The lowest BCUT2D eigenvalue weighted by Gasteiger charge is -2.04. The van der Waals surface area contributed by atoms with Crippen molar-refractivity contribution >= 4 is 5.97 Å². The molecule has 18 heavy (non-hydrogen) atoms. The van der Waals surface area contributed by atoms with Gasteiger partial charge in [-0.1, -0.05) is 78.1 Å². The Bertz CT molecular complexity index is 188. The molecule has 1 N–H and O–H groups in total. The average Bonchev–Trinajstić information content (AvgIpc) is 2.29. The molecule has 108 valence electrons. The van der Waals surface area contributed by atoms with Crippen molar-refractivity contribution in [1.29, 1.82) is 0 Å². The number of unbranched alkanes of at least 4 members (excludes halogenated alkanes) is 9. The van der Waals surface area contributed by atoms with E-state index in [2.05, 4.69) is 13.8 Å². The minimum Gasteiger partial charge on any atom is -0.481 e. The van der Waals surface area contributed by atoms with E-state index >= 15 is 0 Å². The third-order valence-electron chi connectivity index (χ3n) is 3.42. The zero-order valence-electron chi connectivity index (χ0n) is 12.4. The first-order valence-electron chi connectivity index (χ1n) is 7.84. The summed E-state index contributed by atoms with van der Waals surface area (Å²) in [4.78, 5) is 10.3. The highest BCUT2D eigenvalue weighted by Gasteiger charge is 1.97. The van der Waals surface area contributed by atoms with Crippen LogP contribution in [0.4, 0.5) is 0 Å². The standard InChI is InChI=1S/C16H32O2/c1-15(2)13-11-9-7-5-3-4-6-8-10-12-14-16(17)18/h15H,3-14H2,1-2H3,(H,17,18). The first-order chi connectivity index (χ1) is 8.63. The zero-order valence-corrected chi connectivity index (χ0v) is 12.4. The molecule has 0 spiro atoms. The molecule has 0 saturated heterocycles. The minimum absolute atomic E-state index is 0.343. The Kier molecular flexibility index (Phi) is 12.5. The maximum absolute atomic E-state index is 10.3. The van der Waals surface area contributed by atoms with Crippen LogP contribution in [-0.4, -0.2) is 11.1 Å². The van der Waals surface area contributed by atoms with Crippen LogP contribution < -0.4 is 0 Å². The van der Waals surface area contributed by atoms with Crippen LogP contribution in [0.15, 0.2) is 0 Å². The highest BCUT2D eigenvalue weighted by atomic mass is 16.4. The Balaban J connectivity index is 2.97. The van der Waals surface area contributed by atoms with E-state index in [4.69, 9.17) is 5.11 Å². The molecule has 0 atom stereocenters. The van der Waals surface area contributed by atoms with Crippen LogP contribution in [0.1, 0.15) is 90.9 Å². The first-order valence-corrected chi connectivity index (χ1v) is 7.84. The van der Waals surface area contributed by atoms with Crippen LogP contribution in [0.25, 0.3) is 0 Å². The summed E-state index contributed by atoms with van der Waals surface area (Å²) in [6, 6.07) is 0. The summed E-state index contributed by atoms with van der Waals surface area (Å²) < 4.78 is 0. The monoisotopic (exact) mass is 256 g/mol. The number of carboxylic acids is 1. The normalized spacial score (nSPS) is 11.1. The fourth-order valence-corrected chi connectivity index (χ4v) is 2.24. The van der Waals surface area contributed by atoms with Crippen LogP contribution in [0.3, 0.4) is 0 Å². The topological polar surface area (TPSA) is 37.3 Å². The van der Waals surface area contributed by atoms with E-state index < -0.39 is 5.97 Å². The summed E-state index contributed by atoms with van der Waals surface area (Å²) in [5.74, 6) is 0.201. The van der Waals surface area contributed by atoms with Gasteiger partial charge in [0.25, 0.3) is 0 Å². The Morgan fingerprint density at radius 2 is 1.17 bits per heavy atom. The van der Waals surface area contributed by atoms with Gasteiger partial charge in [-0.3, -0.25) is 4.79 Å². The highest BCUT2D eigenvalue weighted by Crippen LogP contribution is 2.13. The molecule has 0 saturated carbocycles. The van der Waals surface area contributed by atoms with Crippen molar-refractivity contribution < 1.29 is 9.90 Å². The van der Waals surface area contributed by atoms with Crippen LogP contribution in [-0.2, 0) is 4.79 Å². The molecule has 0 aliphatic rings. The summed E-state index contributed by atoms with van der Waals surface area (Å²) >= 11 is 0. The third-order valence-corrected chi connectivity index (χ3v) is 3.42. The summed E-state index contributed by atoms with van der Waals surface area (Å²) in [5.41, 5.74) is 0. The van der Waals surface area contributed by atoms with E-state index in [1.165, 1.54) is 57.8 Å². The van der Waals surface area contributed by atoms with Gasteiger partial charge < -0.3 is 5.11 Å². The van der Waals surface area contributed by atoms with Crippen molar-refractivity contribution in [3.8, 4) is 0 Å². The quantitative estimate of drug-likeness (QED) is 0.447. The molecule has 0 aromatic heterocycles. The molecule has 0 fully saturated rings. The lowest BCUT2D eigenvalue weighted by atomic mass is 10.0. The van der Waals surface area contributed by atoms with Gasteiger partial charge in [-0.05, 0) is 12.3 Å². The molecule has 0 rings (SSSR count). The molecular formula is C16H32O2. The van der Waals surface area contributed by atoms with E-state index in [0.717, 1.165) is 18.8 Å². The predicted octanol–water partition coefficient (Wildman–Crippen LogP) is 5.41. The highest BCUT2D eigenvalue weighted by molar-refractivity contribution is 5.66. The third kappa shape index (κ3) is 15.5. The molecule has 2 heteroatoms. The van der Waals surface area contributed by atoms with Crippen LogP contribution in [0.5, 0.6) is 0 Å². The number of hydrogen-bond acceptors (Lipinski definition) is 1. The van der Waals surface area contributed by atoms with Gasteiger partial charge >= 0.3 is 5.97 Å². The first kappa shape index (κ1) is 17.5. The second-order valence-corrected chi connectivity index (χ2v) is 5.86. The van der Waals surface area contributed by atoms with Gasteiger partial charge in [0.05, 0.1) is 0 Å². The summed E-state index contributed by atoms with van der Waals surface area (Å²) in [6.45, 7) is 4.59. The van der Waals surface area contributed by atoms with Crippen molar-refractivity contribution in [2.24, 2.45) is 5.92 Å². The average molecular weight is 256 g/mol. The zero-order chi connectivity index (χ0) is 13.6. The molecular weight excluding hydrogens is 224 g/mol. The van der Waals surface area contributed by atoms with Crippen molar-refractivity contribution in [1.82, 2.24) is 0 Å². The maximum Gasteiger partial charge on any atom is 0.303 e. The Morgan fingerprint density at radius 3 is 1.56 bits per heavy atom. The molecule has 2 nitrogen and oxygen atoms in total. The second kappa shape index (κ2) is 12.9. The van der Waals surface area contributed by atoms with Crippen molar-refractivity contribution in [3.05, 3.63) is 0 Å². The lowest BCUT2D eigenvalue weighted by molar-refractivity contribution is -0.137. The number of aliphatic carboxylic acids is 1. The Hall–Kier alpha value is -0.530. The maximum atomic E-state index is 10.3. The minimum atomic E-state index is -0.656. The molecule has 0 aromatic carbocycles. The van der Waals surface area contributed by atoms with Gasteiger partial charge in [-0.15, -0.1) is 0 Å². The fraction of sp³-hybridized carbons (Fsp3) is 0.938. The summed E-state index contributed by atoms with van der Waals surface area (Å²) in [7, 11) is 0. The smallest absolute Gasteiger partial charge is 0.303 e. The lowest BCUT2D eigenvalue weighted by Crippen LogP contribution is -1.93. The largest absolute Gasteiger partial charge is 0.481 e. The fourth-order valence-electron chi connectivity index (χ4n) is 2.24. The van der Waals surface area contributed by atoms with E-state index in [1.807, 2.05) is 0 Å². The number of rotatable bonds is 13.